The molecule has 0 bridgehead atoms. The molecule has 0 amide bonds. The molecule has 2 N–H and O–H groups in total. The topological polar surface area (TPSA) is 52.8 Å². The molecule has 20 heavy (non-hydrogen) atoms. The molecule has 1 aromatic rings. The van der Waals surface area contributed by atoms with Gasteiger partial charge in [-0.25, -0.2) is 0 Å². The molecule has 0 atom stereocenters. The minimum absolute atomic E-state index is 0.517. The van der Waals surface area contributed by atoms with E-state index in [-0.39, 0.29) is 0 Å². The highest BCUT2D eigenvalue weighted by molar-refractivity contribution is 7.80. The predicted octanol–water partition coefficient (Wildman–Crippen LogP) is 2.48. The maximum atomic E-state index is 5.79. The van der Waals surface area contributed by atoms with E-state index in [0.29, 0.717) is 5.11 Å². The summed E-state index contributed by atoms with van der Waals surface area (Å²) in [4.78, 5) is 2.31. The lowest BCUT2D eigenvalue weighted by atomic mass is 10.2. The molecular weight excluding hydrogens is 272 g/mol. The molecule has 1 saturated heterocycles. The van der Waals surface area contributed by atoms with Crippen LogP contribution in [0.4, 0.5) is 5.88 Å². The fraction of sp³-hybridized carbons (Fsp3) is 0.571. The molecule has 1 aromatic heterocycles. The summed E-state index contributed by atoms with van der Waals surface area (Å²) in [5, 5.41) is 7.53. The van der Waals surface area contributed by atoms with Gasteiger partial charge < -0.3 is 14.6 Å². The van der Waals surface area contributed by atoms with Crippen molar-refractivity contribution in [1.29, 1.82) is 0 Å². The lowest BCUT2D eigenvalue weighted by Crippen LogP contribution is -2.31. The first-order valence-electron chi connectivity index (χ1n) is 7.21. The molecular formula is C14H22N4OS. The Labute approximate surface area is 125 Å². The van der Waals surface area contributed by atoms with Gasteiger partial charge in [-0.3, -0.25) is 5.43 Å². The van der Waals surface area contributed by atoms with Gasteiger partial charge in [-0.05, 0) is 38.0 Å². The third-order valence-corrected chi connectivity index (χ3v) is 3.46. The first-order valence-corrected chi connectivity index (χ1v) is 7.62. The van der Waals surface area contributed by atoms with Crippen LogP contribution in [0.25, 0.3) is 0 Å². The molecule has 1 fully saturated rings. The van der Waals surface area contributed by atoms with Gasteiger partial charge in [0.15, 0.2) is 11.0 Å². The Morgan fingerprint density at radius 3 is 2.80 bits per heavy atom. The van der Waals surface area contributed by atoms with Crippen molar-refractivity contribution >= 4 is 29.4 Å². The van der Waals surface area contributed by atoms with E-state index in [0.717, 1.165) is 31.3 Å². The second-order valence-corrected chi connectivity index (χ2v) is 5.21. The van der Waals surface area contributed by atoms with Gasteiger partial charge in [-0.2, -0.15) is 5.10 Å². The van der Waals surface area contributed by atoms with Crippen molar-refractivity contribution in [2.45, 2.75) is 32.6 Å². The maximum Gasteiger partial charge on any atom is 0.196 e. The zero-order chi connectivity index (χ0) is 14.2. The summed E-state index contributed by atoms with van der Waals surface area (Å²) in [5.41, 5.74) is 2.75. The second kappa shape index (κ2) is 7.89. The Morgan fingerprint density at radius 1 is 1.35 bits per heavy atom. The fourth-order valence-electron chi connectivity index (χ4n) is 2.23. The van der Waals surface area contributed by atoms with Crippen molar-refractivity contribution < 1.29 is 4.42 Å². The monoisotopic (exact) mass is 294 g/mol. The van der Waals surface area contributed by atoms with Crippen molar-refractivity contribution in [3.05, 3.63) is 17.9 Å². The van der Waals surface area contributed by atoms with Gasteiger partial charge in [-0.1, -0.05) is 12.8 Å². The SMILES string of the molecule is CCNC(=S)NN=Cc1ccc(N2CCCCCC2)o1. The average Bonchev–Trinajstić information content (AvgIpc) is 2.73. The van der Waals surface area contributed by atoms with Crippen LogP contribution in [-0.2, 0) is 0 Å². The summed E-state index contributed by atoms with van der Waals surface area (Å²) in [6, 6.07) is 3.94. The molecule has 0 aromatic carbocycles. The van der Waals surface area contributed by atoms with Gasteiger partial charge in [-0.15, -0.1) is 0 Å². The number of thiocarbonyl (C=S) groups is 1. The van der Waals surface area contributed by atoms with E-state index in [1.54, 1.807) is 6.21 Å². The number of rotatable bonds is 4. The van der Waals surface area contributed by atoms with Crippen molar-refractivity contribution in [1.82, 2.24) is 10.7 Å². The van der Waals surface area contributed by atoms with Gasteiger partial charge in [0, 0.05) is 25.7 Å². The molecule has 0 aliphatic carbocycles. The predicted molar refractivity (Wildman–Crippen MR) is 86.4 cm³/mol. The van der Waals surface area contributed by atoms with Crippen LogP contribution >= 0.6 is 12.2 Å². The molecule has 0 saturated carbocycles. The average molecular weight is 294 g/mol. The quantitative estimate of drug-likeness (QED) is 0.507. The van der Waals surface area contributed by atoms with Crippen molar-refractivity contribution in [2.75, 3.05) is 24.5 Å². The minimum atomic E-state index is 0.517. The highest BCUT2D eigenvalue weighted by atomic mass is 32.1. The van der Waals surface area contributed by atoms with Crippen LogP contribution in [0.2, 0.25) is 0 Å². The number of furan rings is 1. The van der Waals surface area contributed by atoms with Crippen LogP contribution in [0.1, 0.15) is 38.4 Å². The van der Waals surface area contributed by atoms with Crippen LogP contribution in [0, 0.1) is 0 Å². The first kappa shape index (κ1) is 14.8. The zero-order valence-corrected chi connectivity index (χ0v) is 12.7. The van der Waals surface area contributed by atoms with Crippen LogP contribution in [0.5, 0.6) is 0 Å². The molecule has 2 rings (SSSR count). The molecule has 5 nitrogen and oxygen atoms in total. The number of hydrogen-bond donors (Lipinski definition) is 2. The normalized spacial score (nSPS) is 16.1. The van der Waals surface area contributed by atoms with Gasteiger partial charge in [0.05, 0.1) is 6.21 Å². The fourth-order valence-corrected chi connectivity index (χ4v) is 2.42. The lowest BCUT2D eigenvalue weighted by Gasteiger charge is -2.18. The number of hydrogen-bond acceptors (Lipinski definition) is 4. The van der Waals surface area contributed by atoms with Crippen molar-refractivity contribution in [3.8, 4) is 0 Å². The Morgan fingerprint density at radius 2 is 2.10 bits per heavy atom. The van der Waals surface area contributed by atoms with Crippen LogP contribution < -0.4 is 15.6 Å². The molecule has 1 aliphatic heterocycles. The molecule has 0 radical (unpaired) electrons. The highest BCUT2D eigenvalue weighted by Gasteiger charge is 2.12. The molecule has 1 aliphatic rings. The number of nitrogens with zero attached hydrogens (tertiary/aromatic N) is 2. The number of anilines is 1. The summed E-state index contributed by atoms with van der Waals surface area (Å²) >= 11 is 5.02. The van der Waals surface area contributed by atoms with E-state index in [9.17, 15) is 0 Å². The third kappa shape index (κ3) is 4.52. The van der Waals surface area contributed by atoms with E-state index in [1.807, 2.05) is 19.1 Å². The van der Waals surface area contributed by atoms with Crippen LogP contribution in [0.3, 0.4) is 0 Å². The van der Waals surface area contributed by atoms with Gasteiger partial charge in [0.1, 0.15) is 5.76 Å². The Bertz CT molecular complexity index is 450. The van der Waals surface area contributed by atoms with Crippen molar-refractivity contribution in [2.24, 2.45) is 5.10 Å². The first-order chi connectivity index (χ1) is 9.79. The van der Waals surface area contributed by atoms with E-state index in [4.69, 9.17) is 16.6 Å². The largest absolute Gasteiger partial charge is 0.440 e. The number of hydrazone groups is 1. The Hall–Kier alpha value is -1.56. The third-order valence-electron chi connectivity index (χ3n) is 3.23. The van der Waals surface area contributed by atoms with Crippen LogP contribution in [0.15, 0.2) is 21.7 Å². The molecule has 6 heteroatoms. The van der Waals surface area contributed by atoms with E-state index < -0.39 is 0 Å². The maximum absolute atomic E-state index is 5.79. The summed E-state index contributed by atoms with van der Waals surface area (Å²) < 4.78 is 5.79. The molecule has 0 spiro atoms. The lowest BCUT2D eigenvalue weighted by molar-refractivity contribution is 0.538. The molecule has 2 heterocycles. The summed E-state index contributed by atoms with van der Waals surface area (Å²) in [6.07, 6.45) is 6.75. The zero-order valence-electron chi connectivity index (χ0n) is 11.9. The summed E-state index contributed by atoms with van der Waals surface area (Å²) in [5.74, 6) is 1.67. The highest BCUT2D eigenvalue weighted by Crippen LogP contribution is 2.21. The van der Waals surface area contributed by atoms with Crippen molar-refractivity contribution in [3.63, 3.8) is 0 Å². The summed E-state index contributed by atoms with van der Waals surface area (Å²) in [6.45, 7) is 4.92. The summed E-state index contributed by atoms with van der Waals surface area (Å²) in [7, 11) is 0. The molecule has 0 unspecified atom stereocenters. The van der Waals surface area contributed by atoms with E-state index in [2.05, 4.69) is 20.7 Å². The van der Waals surface area contributed by atoms with Gasteiger partial charge in [0.2, 0.25) is 0 Å². The Balaban J connectivity index is 1.88. The number of nitrogens with one attached hydrogen (secondary N) is 2. The van der Waals surface area contributed by atoms with E-state index in [1.165, 1.54) is 25.7 Å². The van der Waals surface area contributed by atoms with E-state index >= 15 is 0 Å². The van der Waals surface area contributed by atoms with Gasteiger partial charge >= 0.3 is 0 Å². The smallest absolute Gasteiger partial charge is 0.196 e. The standard InChI is InChI=1S/C14H22N4OS/c1-2-15-14(20)17-16-11-12-7-8-13(19-12)18-9-5-3-4-6-10-18/h7-8,11H,2-6,9-10H2,1H3,(H2,15,17,20). The minimum Gasteiger partial charge on any atom is -0.440 e. The Kier molecular flexibility index (Phi) is 5.86. The van der Waals surface area contributed by atoms with Gasteiger partial charge in [0.25, 0.3) is 0 Å². The molecule has 110 valence electrons. The second-order valence-electron chi connectivity index (χ2n) is 4.81. The van der Waals surface area contributed by atoms with Crippen LogP contribution in [-0.4, -0.2) is 31.0 Å².